The molecule has 2 aliphatic heterocycles. The molecule has 0 unspecified atom stereocenters. The predicted octanol–water partition coefficient (Wildman–Crippen LogP) is 3.95. The summed E-state index contributed by atoms with van der Waals surface area (Å²) in [7, 11) is -3.42. The molecule has 30 heavy (non-hydrogen) atoms. The molecule has 1 amide bonds. The molecular formula is C22H29N3O3S2. The molecule has 2 aliphatic rings. The van der Waals surface area contributed by atoms with Crippen LogP contribution in [-0.2, 0) is 21.2 Å². The Morgan fingerprint density at radius 3 is 2.37 bits per heavy atom. The minimum absolute atomic E-state index is 0.137. The lowest BCUT2D eigenvalue weighted by Crippen LogP contribution is -2.32. The van der Waals surface area contributed by atoms with Gasteiger partial charge < -0.3 is 10.2 Å². The van der Waals surface area contributed by atoms with E-state index in [2.05, 4.69) is 29.3 Å². The summed E-state index contributed by atoms with van der Waals surface area (Å²) in [6, 6.07) is 11.3. The van der Waals surface area contributed by atoms with E-state index in [4.69, 9.17) is 0 Å². The molecular weight excluding hydrogens is 418 g/mol. The van der Waals surface area contributed by atoms with Gasteiger partial charge >= 0.3 is 0 Å². The molecule has 0 bridgehead atoms. The van der Waals surface area contributed by atoms with Crippen LogP contribution in [-0.4, -0.2) is 44.8 Å². The zero-order valence-electron chi connectivity index (χ0n) is 17.3. The van der Waals surface area contributed by atoms with Crippen LogP contribution in [0.25, 0.3) is 0 Å². The Hall–Kier alpha value is -1.90. The first-order valence-corrected chi connectivity index (χ1v) is 12.9. The smallest absolute Gasteiger partial charge is 0.252 e. The minimum atomic E-state index is -3.42. The van der Waals surface area contributed by atoms with Gasteiger partial charge in [0.1, 0.15) is 4.21 Å². The molecule has 2 saturated heterocycles. The average Bonchev–Trinajstić information content (AvgIpc) is 3.42. The Labute approximate surface area is 182 Å². The summed E-state index contributed by atoms with van der Waals surface area (Å²) in [5, 5.41) is 2.92. The van der Waals surface area contributed by atoms with E-state index in [1.54, 1.807) is 12.1 Å². The quantitative estimate of drug-likeness (QED) is 0.728. The van der Waals surface area contributed by atoms with Gasteiger partial charge in [-0.05, 0) is 68.0 Å². The van der Waals surface area contributed by atoms with E-state index in [1.807, 2.05) is 12.1 Å². The van der Waals surface area contributed by atoms with Crippen LogP contribution in [0.1, 0.15) is 37.5 Å². The van der Waals surface area contributed by atoms with E-state index >= 15 is 0 Å². The number of hydrogen-bond donors (Lipinski definition) is 1. The SMILES string of the molecule is CC1CCN(c2ccc(NC(=O)Cc3ccc(S(=O)(=O)N4CCCC4)s3)cc2)CC1. The van der Waals surface area contributed by atoms with Crippen molar-refractivity contribution in [1.82, 2.24) is 4.31 Å². The highest BCUT2D eigenvalue weighted by molar-refractivity contribution is 7.91. The Morgan fingerprint density at radius 2 is 1.70 bits per heavy atom. The van der Waals surface area contributed by atoms with E-state index in [1.165, 1.54) is 34.2 Å². The van der Waals surface area contributed by atoms with Crippen molar-refractivity contribution in [3.63, 3.8) is 0 Å². The zero-order valence-corrected chi connectivity index (χ0v) is 19.0. The standard InChI is InChI=1S/C22H29N3O3S2/c1-17-10-14-24(15-11-17)19-6-4-18(5-7-19)23-21(26)16-20-8-9-22(29-20)30(27,28)25-12-2-3-13-25/h4-9,17H,2-3,10-16H2,1H3,(H,23,26). The van der Waals surface area contributed by atoms with Gasteiger partial charge in [-0.2, -0.15) is 4.31 Å². The summed E-state index contributed by atoms with van der Waals surface area (Å²) in [6.07, 6.45) is 4.43. The molecule has 4 rings (SSSR count). The van der Waals surface area contributed by atoms with Crippen molar-refractivity contribution in [1.29, 1.82) is 0 Å². The summed E-state index contributed by atoms with van der Waals surface area (Å²) < 4.78 is 27.1. The molecule has 1 aromatic carbocycles. The third-order valence-corrected chi connectivity index (χ3v) is 9.38. The van der Waals surface area contributed by atoms with Crippen molar-refractivity contribution >= 4 is 38.6 Å². The van der Waals surface area contributed by atoms with E-state index in [9.17, 15) is 13.2 Å². The number of anilines is 2. The summed E-state index contributed by atoms with van der Waals surface area (Å²) >= 11 is 1.19. The molecule has 8 heteroatoms. The van der Waals surface area contributed by atoms with Crippen LogP contribution in [0.15, 0.2) is 40.6 Å². The fraction of sp³-hybridized carbons (Fsp3) is 0.500. The van der Waals surface area contributed by atoms with Gasteiger partial charge in [0.15, 0.2) is 0 Å². The van der Waals surface area contributed by atoms with E-state index < -0.39 is 10.0 Å². The second kappa shape index (κ2) is 9.08. The van der Waals surface area contributed by atoms with Crippen molar-refractivity contribution in [3.8, 4) is 0 Å². The molecule has 0 atom stereocenters. The van der Waals surface area contributed by atoms with Gasteiger partial charge in [-0.25, -0.2) is 8.42 Å². The van der Waals surface area contributed by atoms with Crippen molar-refractivity contribution in [2.75, 3.05) is 36.4 Å². The molecule has 0 radical (unpaired) electrons. The first-order chi connectivity index (χ1) is 14.4. The molecule has 0 spiro atoms. The minimum Gasteiger partial charge on any atom is -0.372 e. The van der Waals surface area contributed by atoms with Crippen LogP contribution in [0.5, 0.6) is 0 Å². The lowest BCUT2D eigenvalue weighted by Gasteiger charge is -2.32. The maximum absolute atomic E-state index is 12.6. The first kappa shape index (κ1) is 21.3. The number of nitrogens with one attached hydrogen (secondary N) is 1. The van der Waals surface area contributed by atoms with E-state index in [0.717, 1.165) is 42.4 Å². The number of benzene rings is 1. The maximum Gasteiger partial charge on any atom is 0.252 e. The summed E-state index contributed by atoms with van der Waals surface area (Å²) in [6.45, 7) is 5.63. The Morgan fingerprint density at radius 1 is 1.03 bits per heavy atom. The van der Waals surface area contributed by atoms with E-state index in [0.29, 0.717) is 17.3 Å². The van der Waals surface area contributed by atoms with Crippen LogP contribution in [0.3, 0.4) is 0 Å². The summed E-state index contributed by atoms with van der Waals surface area (Å²) in [5.74, 6) is 0.657. The predicted molar refractivity (Wildman–Crippen MR) is 122 cm³/mol. The Bertz CT molecular complexity index is 971. The van der Waals surface area contributed by atoms with Gasteiger partial charge in [-0.3, -0.25) is 4.79 Å². The number of carbonyl (C=O) groups is 1. The highest BCUT2D eigenvalue weighted by Gasteiger charge is 2.28. The van der Waals surface area contributed by atoms with Crippen molar-refractivity contribution in [2.24, 2.45) is 5.92 Å². The highest BCUT2D eigenvalue weighted by Crippen LogP contribution is 2.28. The molecule has 6 nitrogen and oxygen atoms in total. The van der Waals surface area contributed by atoms with Gasteiger partial charge in [0, 0.05) is 42.4 Å². The molecule has 1 aromatic heterocycles. The lowest BCUT2D eigenvalue weighted by molar-refractivity contribution is -0.115. The fourth-order valence-corrected chi connectivity index (χ4v) is 7.06. The largest absolute Gasteiger partial charge is 0.372 e. The molecule has 2 fully saturated rings. The van der Waals surface area contributed by atoms with E-state index in [-0.39, 0.29) is 12.3 Å². The third kappa shape index (κ3) is 4.87. The van der Waals surface area contributed by atoms with Crippen LogP contribution in [0, 0.1) is 5.92 Å². The first-order valence-electron chi connectivity index (χ1n) is 10.7. The summed E-state index contributed by atoms with van der Waals surface area (Å²) in [4.78, 5) is 15.6. The van der Waals surface area contributed by atoms with Crippen LogP contribution in [0.2, 0.25) is 0 Å². The maximum atomic E-state index is 12.6. The normalized spacial score (nSPS) is 18.6. The molecule has 1 N–H and O–H groups in total. The van der Waals surface area contributed by atoms with Gasteiger partial charge in [-0.1, -0.05) is 6.92 Å². The Kier molecular flexibility index (Phi) is 6.46. The monoisotopic (exact) mass is 447 g/mol. The number of amides is 1. The lowest BCUT2D eigenvalue weighted by atomic mass is 9.99. The molecule has 3 heterocycles. The number of hydrogen-bond acceptors (Lipinski definition) is 5. The van der Waals surface area contributed by atoms with Crippen LogP contribution >= 0.6 is 11.3 Å². The number of sulfonamides is 1. The van der Waals surface area contributed by atoms with Gasteiger partial charge in [0.2, 0.25) is 5.91 Å². The molecule has 0 aliphatic carbocycles. The second-order valence-corrected chi connectivity index (χ2v) is 11.6. The van der Waals surface area contributed by atoms with Gasteiger partial charge in [0.25, 0.3) is 10.0 Å². The molecule has 2 aromatic rings. The van der Waals surface area contributed by atoms with Crippen molar-refractivity contribution in [2.45, 2.75) is 43.2 Å². The average molecular weight is 448 g/mol. The number of rotatable bonds is 6. The highest BCUT2D eigenvalue weighted by atomic mass is 32.2. The molecule has 0 saturated carbocycles. The van der Waals surface area contributed by atoms with Gasteiger partial charge in [0.05, 0.1) is 6.42 Å². The van der Waals surface area contributed by atoms with Gasteiger partial charge in [-0.15, -0.1) is 11.3 Å². The summed E-state index contributed by atoms with van der Waals surface area (Å²) in [5.41, 5.74) is 1.95. The number of thiophene rings is 1. The Balaban J connectivity index is 1.33. The fourth-order valence-electron chi connectivity index (χ4n) is 4.03. The number of carbonyl (C=O) groups excluding carboxylic acids is 1. The molecule has 162 valence electrons. The van der Waals surface area contributed by atoms with Crippen LogP contribution in [0.4, 0.5) is 11.4 Å². The third-order valence-electron chi connectivity index (χ3n) is 5.93. The number of nitrogens with zero attached hydrogens (tertiary/aromatic N) is 2. The van der Waals surface area contributed by atoms with Crippen molar-refractivity contribution < 1.29 is 13.2 Å². The van der Waals surface area contributed by atoms with Crippen molar-refractivity contribution in [3.05, 3.63) is 41.3 Å². The topological polar surface area (TPSA) is 69.7 Å². The number of piperidine rings is 1. The zero-order chi connectivity index (χ0) is 21.1. The van der Waals surface area contributed by atoms with Crippen LogP contribution < -0.4 is 10.2 Å². The second-order valence-electron chi connectivity index (χ2n) is 8.27.